The number of aromatic nitrogens is 1. The third-order valence-corrected chi connectivity index (χ3v) is 6.30. The van der Waals surface area contributed by atoms with Crippen LogP contribution in [0, 0.1) is 0 Å². The van der Waals surface area contributed by atoms with Gasteiger partial charge in [-0.05, 0) is 42.5 Å². The molecule has 184 valence electrons. The molecule has 1 aliphatic rings. The van der Waals surface area contributed by atoms with Gasteiger partial charge >= 0.3 is 0 Å². The molecule has 0 amide bonds. The van der Waals surface area contributed by atoms with Gasteiger partial charge in [0.05, 0.1) is 44.4 Å². The van der Waals surface area contributed by atoms with Crippen LogP contribution in [0.3, 0.4) is 0 Å². The van der Waals surface area contributed by atoms with Crippen LogP contribution in [0.15, 0.2) is 76.5 Å². The Hall–Kier alpha value is -4.30. The minimum atomic E-state index is -0.345. The van der Waals surface area contributed by atoms with Gasteiger partial charge < -0.3 is 24.2 Å². The predicted molar refractivity (Wildman–Crippen MR) is 141 cm³/mol. The summed E-state index contributed by atoms with van der Waals surface area (Å²) < 4.78 is 17.4. The smallest absolute Gasteiger partial charge is 0.265 e. The molecule has 3 aromatic carbocycles. The summed E-state index contributed by atoms with van der Waals surface area (Å²) in [4.78, 5) is 20.3. The Morgan fingerprint density at radius 3 is 2.25 bits per heavy atom. The van der Waals surface area contributed by atoms with Crippen molar-refractivity contribution in [1.82, 2.24) is 4.57 Å². The number of hydrogen-bond donors (Lipinski definition) is 1. The molecule has 0 atom stereocenters. The summed E-state index contributed by atoms with van der Waals surface area (Å²) in [6.07, 6.45) is 1.60. The van der Waals surface area contributed by atoms with Crippen molar-refractivity contribution in [2.75, 3.05) is 45.4 Å². The molecule has 8 heteroatoms. The first kappa shape index (κ1) is 23.4. The van der Waals surface area contributed by atoms with Crippen molar-refractivity contribution in [3.63, 3.8) is 0 Å². The molecule has 0 saturated carbocycles. The fourth-order valence-electron chi connectivity index (χ4n) is 4.40. The molecular formula is C28H27N3O5. The van der Waals surface area contributed by atoms with Gasteiger partial charge in [0.15, 0.2) is 11.5 Å². The number of morpholine rings is 1. The van der Waals surface area contributed by atoms with Gasteiger partial charge in [0.25, 0.3) is 5.56 Å². The second-order valence-corrected chi connectivity index (χ2v) is 8.34. The van der Waals surface area contributed by atoms with Gasteiger partial charge in [0, 0.05) is 41.8 Å². The number of benzene rings is 3. The largest absolute Gasteiger partial charge is 0.494 e. The van der Waals surface area contributed by atoms with Gasteiger partial charge in [-0.15, -0.1) is 0 Å². The molecule has 1 aromatic heterocycles. The Labute approximate surface area is 208 Å². The van der Waals surface area contributed by atoms with E-state index in [9.17, 15) is 9.90 Å². The summed E-state index contributed by atoms with van der Waals surface area (Å²) in [6, 6.07) is 20.1. The van der Waals surface area contributed by atoms with E-state index in [1.54, 1.807) is 49.7 Å². The molecule has 5 rings (SSSR count). The summed E-state index contributed by atoms with van der Waals surface area (Å²) in [7, 11) is 3.06. The third-order valence-electron chi connectivity index (χ3n) is 6.30. The fraction of sp³-hybridized carbons (Fsp3) is 0.214. The molecule has 4 aromatic rings. The Kier molecular flexibility index (Phi) is 6.60. The number of aromatic hydroxyl groups is 1. The van der Waals surface area contributed by atoms with Gasteiger partial charge in [-0.2, -0.15) is 0 Å². The van der Waals surface area contributed by atoms with Crippen LogP contribution in [0.25, 0.3) is 16.5 Å². The number of pyridine rings is 1. The Balaban J connectivity index is 1.57. The molecule has 0 radical (unpaired) electrons. The average molecular weight is 486 g/mol. The maximum Gasteiger partial charge on any atom is 0.265 e. The van der Waals surface area contributed by atoms with Gasteiger partial charge in [-0.3, -0.25) is 9.79 Å². The second-order valence-electron chi connectivity index (χ2n) is 8.34. The summed E-state index contributed by atoms with van der Waals surface area (Å²) >= 11 is 0. The molecule has 36 heavy (non-hydrogen) atoms. The standard InChI is InChI=1S/C28H27N3O5/c1-34-25-12-11-21(17-26(25)35-2)31-27(32)23-6-4-3-5-22(23)24(28(31)33)18-29-19-7-9-20(10-8-19)30-13-15-36-16-14-30/h3-12,17-18,33H,13-16H2,1-2H3. The van der Waals surface area contributed by atoms with Crippen LogP contribution < -0.4 is 19.9 Å². The minimum Gasteiger partial charge on any atom is -0.494 e. The highest BCUT2D eigenvalue weighted by Crippen LogP contribution is 2.32. The Morgan fingerprint density at radius 1 is 0.889 bits per heavy atom. The highest BCUT2D eigenvalue weighted by atomic mass is 16.5. The van der Waals surface area contributed by atoms with Crippen molar-refractivity contribution < 1.29 is 19.3 Å². The molecule has 0 bridgehead atoms. The Bertz CT molecular complexity index is 1470. The molecule has 1 aliphatic heterocycles. The van der Waals surface area contributed by atoms with E-state index in [4.69, 9.17) is 14.2 Å². The lowest BCUT2D eigenvalue weighted by Gasteiger charge is -2.28. The molecular weight excluding hydrogens is 458 g/mol. The number of nitrogens with zero attached hydrogens (tertiary/aromatic N) is 3. The van der Waals surface area contributed by atoms with E-state index in [0.29, 0.717) is 33.5 Å². The lowest BCUT2D eigenvalue weighted by Crippen LogP contribution is -2.36. The van der Waals surface area contributed by atoms with Gasteiger partial charge in [-0.25, -0.2) is 4.57 Å². The maximum absolute atomic E-state index is 13.4. The molecule has 1 N–H and O–H groups in total. The molecule has 1 fully saturated rings. The van der Waals surface area contributed by atoms with Gasteiger partial charge in [0.1, 0.15) is 0 Å². The van der Waals surface area contributed by atoms with E-state index >= 15 is 0 Å². The topological polar surface area (TPSA) is 85.5 Å². The molecule has 0 spiro atoms. The van der Waals surface area contributed by atoms with Crippen molar-refractivity contribution in [1.29, 1.82) is 0 Å². The number of anilines is 1. The monoisotopic (exact) mass is 485 g/mol. The summed E-state index contributed by atoms with van der Waals surface area (Å²) in [5.41, 5.74) is 2.40. The number of rotatable bonds is 6. The summed E-state index contributed by atoms with van der Waals surface area (Å²) in [6.45, 7) is 3.17. The molecule has 8 nitrogen and oxygen atoms in total. The SMILES string of the molecule is COc1ccc(-n2c(O)c(C=Nc3ccc(N4CCOCC4)cc3)c3ccccc3c2=O)cc1OC. The molecule has 0 unspecified atom stereocenters. The first-order valence-electron chi connectivity index (χ1n) is 11.7. The highest BCUT2D eigenvalue weighted by molar-refractivity contribution is 6.02. The quantitative estimate of drug-likeness (QED) is 0.410. The van der Waals surface area contributed by atoms with E-state index < -0.39 is 0 Å². The van der Waals surface area contributed by atoms with Crippen LogP contribution in [-0.2, 0) is 4.74 Å². The normalized spacial score (nSPS) is 13.9. The van der Waals surface area contributed by atoms with Gasteiger partial charge in [0.2, 0.25) is 5.88 Å². The lowest BCUT2D eigenvalue weighted by molar-refractivity contribution is 0.122. The number of ether oxygens (including phenoxy) is 3. The van der Waals surface area contributed by atoms with Crippen molar-refractivity contribution in [3.05, 3.63) is 82.6 Å². The number of methoxy groups -OCH3 is 2. The number of aliphatic imine (C=N–C) groups is 1. The van der Waals surface area contributed by atoms with Crippen molar-refractivity contribution in [2.45, 2.75) is 0 Å². The van der Waals surface area contributed by atoms with Crippen LogP contribution >= 0.6 is 0 Å². The molecule has 1 saturated heterocycles. The van der Waals surface area contributed by atoms with Crippen LogP contribution in [0.4, 0.5) is 11.4 Å². The van der Waals surface area contributed by atoms with E-state index in [2.05, 4.69) is 9.89 Å². The van der Waals surface area contributed by atoms with Crippen LogP contribution in [0.2, 0.25) is 0 Å². The fourth-order valence-corrected chi connectivity index (χ4v) is 4.40. The molecule has 2 heterocycles. The average Bonchev–Trinajstić information content (AvgIpc) is 2.93. The number of fused-ring (bicyclic) bond motifs is 1. The van der Waals surface area contributed by atoms with E-state index in [-0.39, 0.29) is 11.4 Å². The van der Waals surface area contributed by atoms with E-state index in [1.807, 2.05) is 30.3 Å². The molecule has 0 aliphatic carbocycles. The van der Waals surface area contributed by atoms with Crippen molar-refractivity contribution >= 4 is 28.4 Å². The number of hydrogen-bond acceptors (Lipinski definition) is 7. The van der Waals surface area contributed by atoms with Crippen LogP contribution in [-0.4, -0.2) is 56.4 Å². The zero-order valence-electron chi connectivity index (χ0n) is 20.2. The zero-order valence-corrected chi connectivity index (χ0v) is 20.2. The first-order chi connectivity index (χ1) is 17.6. The highest BCUT2D eigenvalue weighted by Gasteiger charge is 2.18. The Morgan fingerprint density at radius 2 is 1.56 bits per heavy atom. The third kappa shape index (κ3) is 4.38. The van der Waals surface area contributed by atoms with E-state index in [1.165, 1.54) is 11.7 Å². The summed E-state index contributed by atoms with van der Waals surface area (Å²) in [5, 5.41) is 12.4. The van der Waals surface area contributed by atoms with Crippen LogP contribution in [0.1, 0.15) is 5.56 Å². The lowest BCUT2D eigenvalue weighted by atomic mass is 10.1. The maximum atomic E-state index is 13.4. The van der Waals surface area contributed by atoms with Crippen molar-refractivity contribution in [2.24, 2.45) is 4.99 Å². The first-order valence-corrected chi connectivity index (χ1v) is 11.7. The predicted octanol–water partition coefficient (Wildman–Crippen LogP) is 4.30. The summed E-state index contributed by atoms with van der Waals surface area (Å²) in [5.74, 6) is 0.765. The van der Waals surface area contributed by atoms with E-state index in [0.717, 1.165) is 37.7 Å². The van der Waals surface area contributed by atoms with Gasteiger partial charge in [-0.1, -0.05) is 18.2 Å². The zero-order chi connectivity index (χ0) is 25.1. The minimum absolute atomic E-state index is 0.209. The van der Waals surface area contributed by atoms with Crippen LogP contribution in [0.5, 0.6) is 17.4 Å². The van der Waals surface area contributed by atoms with Crippen molar-refractivity contribution in [3.8, 4) is 23.1 Å². The second kappa shape index (κ2) is 10.1.